The van der Waals surface area contributed by atoms with Crippen molar-refractivity contribution in [2.24, 2.45) is 5.92 Å². The first-order valence-corrected chi connectivity index (χ1v) is 4.48. The molecule has 0 unspecified atom stereocenters. The standard InChI is InChI=1S/C9H14O3/c1-11-8(10)7-3-2-4-9(5-7)6-12-9/h7H,2-6H2,1H3/t7-,9-/m0/s1. The molecule has 12 heavy (non-hydrogen) atoms. The van der Waals surface area contributed by atoms with Gasteiger partial charge < -0.3 is 9.47 Å². The van der Waals surface area contributed by atoms with Gasteiger partial charge in [-0.05, 0) is 25.7 Å². The Bertz CT molecular complexity index is 196. The van der Waals surface area contributed by atoms with Crippen molar-refractivity contribution in [3.63, 3.8) is 0 Å². The third kappa shape index (κ3) is 1.33. The maximum absolute atomic E-state index is 11.2. The molecule has 3 heteroatoms. The summed E-state index contributed by atoms with van der Waals surface area (Å²) < 4.78 is 10.1. The first kappa shape index (κ1) is 8.05. The van der Waals surface area contributed by atoms with Crippen molar-refractivity contribution in [3.8, 4) is 0 Å². The lowest BCUT2D eigenvalue weighted by Crippen LogP contribution is -2.28. The molecule has 0 amide bonds. The van der Waals surface area contributed by atoms with E-state index in [-0.39, 0.29) is 17.5 Å². The van der Waals surface area contributed by atoms with Crippen LogP contribution in [0, 0.1) is 5.92 Å². The number of epoxide rings is 1. The lowest BCUT2D eigenvalue weighted by molar-refractivity contribution is -0.147. The average molecular weight is 170 g/mol. The fraction of sp³-hybridized carbons (Fsp3) is 0.889. The molecule has 0 radical (unpaired) electrons. The molecule has 1 heterocycles. The van der Waals surface area contributed by atoms with Gasteiger partial charge in [0.1, 0.15) is 0 Å². The third-order valence-electron chi connectivity index (χ3n) is 2.89. The molecule has 1 saturated heterocycles. The van der Waals surface area contributed by atoms with Crippen LogP contribution in [0.4, 0.5) is 0 Å². The van der Waals surface area contributed by atoms with E-state index in [9.17, 15) is 4.79 Å². The topological polar surface area (TPSA) is 38.8 Å². The Morgan fingerprint density at radius 3 is 3.00 bits per heavy atom. The van der Waals surface area contributed by atoms with E-state index in [4.69, 9.17) is 9.47 Å². The monoisotopic (exact) mass is 170 g/mol. The predicted octanol–water partition coefficient (Wildman–Crippen LogP) is 1.12. The largest absolute Gasteiger partial charge is 0.469 e. The van der Waals surface area contributed by atoms with E-state index < -0.39 is 0 Å². The summed E-state index contributed by atoms with van der Waals surface area (Å²) in [5, 5.41) is 0. The van der Waals surface area contributed by atoms with Crippen LogP contribution in [-0.4, -0.2) is 25.3 Å². The van der Waals surface area contributed by atoms with Gasteiger partial charge in [-0.3, -0.25) is 4.79 Å². The molecule has 2 atom stereocenters. The van der Waals surface area contributed by atoms with Gasteiger partial charge in [-0.2, -0.15) is 0 Å². The van der Waals surface area contributed by atoms with E-state index in [0.717, 1.165) is 32.3 Å². The Morgan fingerprint density at radius 1 is 1.67 bits per heavy atom. The molecule has 1 spiro atoms. The van der Waals surface area contributed by atoms with Crippen molar-refractivity contribution >= 4 is 5.97 Å². The predicted molar refractivity (Wildman–Crippen MR) is 42.7 cm³/mol. The molecule has 0 N–H and O–H groups in total. The van der Waals surface area contributed by atoms with Gasteiger partial charge in [0, 0.05) is 0 Å². The van der Waals surface area contributed by atoms with Crippen LogP contribution in [0.3, 0.4) is 0 Å². The zero-order valence-corrected chi connectivity index (χ0v) is 7.34. The normalized spacial score (nSPS) is 39.6. The number of ether oxygens (including phenoxy) is 2. The van der Waals surface area contributed by atoms with E-state index in [2.05, 4.69) is 0 Å². The maximum Gasteiger partial charge on any atom is 0.308 e. The SMILES string of the molecule is COC(=O)[C@H]1CCC[C@@]2(CO2)C1. The number of carbonyl (C=O) groups is 1. The number of carbonyl (C=O) groups excluding carboxylic acids is 1. The molecule has 2 rings (SSSR count). The first-order valence-electron chi connectivity index (χ1n) is 4.48. The molecule has 0 bridgehead atoms. The Hall–Kier alpha value is -0.570. The molecule has 2 fully saturated rings. The molecule has 0 aromatic rings. The maximum atomic E-state index is 11.2. The molecule has 0 aromatic heterocycles. The highest BCUT2D eigenvalue weighted by Gasteiger charge is 2.49. The summed E-state index contributed by atoms with van der Waals surface area (Å²) in [5.41, 5.74) is 0.0805. The van der Waals surface area contributed by atoms with Crippen molar-refractivity contribution in [1.82, 2.24) is 0 Å². The van der Waals surface area contributed by atoms with Crippen LogP contribution >= 0.6 is 0 Å². The summed E-state index contributed by atoms with van der Waals surface area (Å²) in [5.74, 6) is 0.0239. The Balaban J connectivity index is 1.94. The molecule has 3 nitrogen and oxygen atoms in total. The van der Waals surface area contributed by atoms with Gasteiger partial charge in [-0.1, -0.05) is 0 Å². The zero-order chi connectivity index (χ0) is 8.60. The summed E-state index contributed by atoms with van der Waals surface area (Å²) in [6.45, 7) is 0.848. The number of hydrogen-bond donors (Lipinski definition) is 0. The number of hydrogen-bond acceptors (Lipinski definition) is 3. The molecular weight excluding hydrogens is 156 g/mol. The smallest absolute Gasteiger partial charge is 0.308 e. The molecule has 1 saturated carbocycles. The highest BCUT2D eigenvalue weighted by molar-refractivity contribution is 5.72. The van der Waals surface area contributed by atoms with Crippen LogP contribution in [-0.2, 0) is 14.3 Å². The number of methoxy groups -OCH3 is 1. The van der Waals surface area contributed by atoms with Crippen LogP contribution in [0.15, 0.2) is 0 Å². The second-order valence-corrected chi connectivity index (χ2v) is 3.79. The van der Waals surface area contributed by atoms with Gasteiger partial charge in [-0.15, -0.1) is 0 Å². The zero-order valence-electron chi connectivity index (χ0n) is 7.34. The van der Waals surface area contributed by atoms with Crippen LogP contribution in [0.1, 0.15) is 25.7 Å². The van der Waals surface area contributed by atoms with Gasteiger partial charge >= 0.3 is 5.97 Å². The summed E-state index contributed by atoms with van der Waals surface area (Å²) in [6, 6.07) is 0. The van der Waals surface area contributed by atoms with Crippen molar-refractivity contribution in [2.75, 3.05) is 13.7 Å². The van der Waals surface area contributed by atoms with Gasteiger partial charge in [0.25, 0.3) is 0 Å². The van der Waals surface area contributed by atoms with Crippen molar-refractivity contribution < 1.29 is 14.3 Å². The minimum absolute atomic E-state index is 0.0652. The Morgan fingerprint density at radius 2 is 2.42 bits per heavy atom. The summed E-state index contributed by atoms with van der Waals surface area (Å²) in [7, 11) is 1.46. The van der Waals surface area contributed by atoms with Crippen LogP contribution in [0.25, 0.3) is 0 Å². The van der Waals surface area contributed by atoms with E-state index in [0.29, 0.717) is 0 Å². The third-order valence-corrected chi connectivity index (χ3v) is 2.89. The van der Waals surface area contributed by atoms with Crippen LogP contribution < -0.4 is 0 Å². The molecule has 2 aliphatic rings. The van der Waals surface area contributed by atoms with E-state index in [1.54, 1.807) is 0 Å². The van der Waals surface area contributed by atoms with Crippen molar-refractivity contribution in [3.05, 3.63) is 0 Å². The first-order chi connectivity index (χ1) is 5.76. The Kier molecular flexibility index (Phi) is 1.83. The summed E-state index contributed by atoms with van der Waals surface area (Å²) in [6.07, 6.45) is 4.07. The molecule has 68 valence electrons. The van der Waals surface area contributed by atoms with Crippen molar-refractivity contribution in [2.45, 2.75) is 31.3 Å². The van der Waals surface area contributed by atoms with Crippen LogP contribution in [0.2, 0.25) is 0 Å². The number of rotatable bonds is 1. The van der Waals surface area contributed by atoms with Gasteiger partial charge in [0.15, 0.2) is 0 Å². The average Bonchev–Trinajstić information content (AvgIpc) is 2.84. The van der Waals surface area contributed by atoms with E-state index in [1.165, 1.54) is 7.11 Å². The summed E-state index contributed by atoms with van der Waals surface area (Å²) >= 11 is 0. The molecule has 1 aliphatic heterocycles. The molecule has 0 aromatic carbocycles. The fourth-order valence-electron chi connectivity index (χ4n) is 2.06. The lowest BCUT2D eigenvalue weighted by Gasteiger charge is -2.24. The highest BCUT2D eigenvalue weighted by Crippen LogP contribution is 2.44. The van der Waals surface area contributed by atoms with Gasteiger partial charge in [0.2, 0.25) is 0 Å². The second kappa shape index (κ2) is 2.73. The molecule has 1 aliphatic carbocycles. The minimum Gasteiger partial charge on any atom is -0.469 e. The van der Waals surface area contributed by atoms with Gasteiger partial charge in [-0.25, -0.2) is 0 Å². The summed E-state index contributed by atoms with van der Waals surface area (Å²) in [4.78, 5) is 11.2. The van der Waals surface area contributed by atoms with Crippen LogP contribution in [0.5, 0.6) is 0 Å². The van der Waals surface area contributed by atoms with Crippen molar-refractivity contribution in [1.29, 1.82) is 0 Å². The second-order valence-electron chi connectivity index (χ2n) is 3.79. The van der Waals surface area contributed by atoms with Gasteiger partial charge in [0.05, 0.1) is 25.2 Å². The minimum atomic E-state index is -0.0652. The quantitative estimate of drug-likeness (QED) is 0.437. The van der Waals surface area contributed by atoms with E-state index >= 15 is 0 Å². The number of esters is 1. The highest BCUT2D eigenvalue weighted by atomic mass is 16.6. The van der Waals surface area contributed by atoms with E-state index in [1.807, 2.05) is 0 Å². The fourth-order valence-corrected chi connectivity index (χ4v) is 2.06. The molecular formula is C9H14O3. The lowest BCUT2D eigenvalue weighted by atomic mass is 9.81. The Labute approximate surface area is 72.0 Å².